The lowest BCUT2D eigenvalue weighted by molar-refractivity contribution is -0.137. The van der Waals surface area contributed by atoms with Crippen molar-refractivity contribution in [2.24, 2.45) is 0 Å². The molecule has 1 aliphatic carbocycles. The van der Waals surface area contributed by atoms with Crippen molar-refractivity contribution in [3.8, 4) is 0 Å². The van der Waals surface area contributed by atoms with Gasteiger partial charge in [-0.2, -0.15) is 13.2 Å². The number of rotatable bonds is 7. The number of likely N-dealkylation sites (N-methyl/N-ethyl adjacent to an activating group) is 1. The quantitative estimate of drug-likeness (QED) is 0.338. The number of piperazine rings is 1. The maximum absolute atomic E-state index is 13.2. The monoisotopic (exact) mass is 564 g/mol. The second kappa shape index (κ2) is 11.4. The Morgan fingerprint density at radius 3 is 2.49 bits per heavy atom. The van der Waals surface area contributed by atoms with Crippen molar-refractivity contribution in [1.29, 1.82) is 0 Å². The lowest BCUT2D eigenvalue weighted by atomic mass is 9.90. The number of aryl methyl sites for hydroxylation is 1. The number of benzene rings is 1. The number of imidazole rings is 1. The van der Waals surface area contributed by atoms with E-state index in [0.717, 1.165) is 91.7 Å². The first kappa shape index (κ1) is 27.7. The number of aliphatic hydroxyl groups is 1. The highest BCUT2D eigenvalue weighted by molar-refractivity contribution is 5.55. The normalized spacial score (nSPS) is 18.3. The molecular formula is C31H35F3N6O. The molecule has 0 amide bonds. The van der Waals surface area contributed by atoms with Gasteiger partial charge in [-0.1, -0.05) is 24.3 Å². The van der Waals surface area contributed by atoms with Gasteiger partial charge >= 0.3 is 6.18 Å². The van der Waals surface area contributed by atoms with Crippen LogP contribution >= 0.6 is 0 Å². The molecule has 1 atom stereocenters. The molecule has 41 heavy (non-hydrogen) atoms. The van der Waals surface area contributed by atoms with Gasteiger partial charge in [-0.25, -0.2) is 4.98 Å². The Labute approximate surface area is 237 Å². The number of pyridine rings is 2. The Hall–Kier alpha value is -3.47. The summed E-state index contributed by atoms with van der Waals surface area (Å²) >= 11 is 0. The standard InChI is InChI=1S/C31H35F3N6O/c1-37-15-17-38(18-16-37)29-9-3-8-28-36-25(27(21-41)40(28)29)20-39(19-22-10-12-24(13-11-22)31(32,33)34)26-7-2-5-23-6-4-14-35-30(23)26/h3-4,6,8-14,26,41H,2,5,7,15-21H2,1H3/t26-/m0/s1. The van der Waals surface area contributed by atoms with Crippen LogP contribution in [0.2, 0.25) is 0 Å². The molecule has 1 saturated heterocycles. The Morgan fingerprint density at radius 1 is 0.976 bits per heavy atom. The summed E-state index contributed by atoms with van der Waals surface area (Å²) in [6.45, 7) is 4.39. The van der Waals surface area contributed by atoms with Gasteiger partial charge in [0.1, 0.15) is 11.5 Å². The van der Waals surface area contributed by atoms with E-state index in [2.05, 4.69) is 38.3 Å². The van der Waals surface area contributed by atoms with Crippen LogP contribution in [0.15, 0.2) is 60.8 Å². The fraction of sp³-hybridized carbons (Fsp3) is 0.419. The minimum atomic E-state index is -4.38. The summed E-state index contributed by atoms with van der Waals surface area (Å²) in [5.74, 6) is 1.01. The van der Waals surface area contributed by atoms with E-state index in [1.807, 2.05) is 18.2 Å². The predicted octanol–water partition coefficient (Wildman–Crippen LogP) is 5.07. The third-order valence-corrected chi connectivity index (χ3v) is 8.40. The second-order valence-corrected chi connectivity index (χ2v) is 11.1. The van der Waals surface area contributed by atoms with Gasteiger partial charge in [-0.05, 0) is 67.8 Å². The van der Waals surface area contributed by atoms with Crippen molar-refractivity contribution in [1.82, 2.24) is 24.2 Å². The summed E-state index contributed by atoms with van der Waals surface area (Å²) < 4.78 is 41.8. The lowest BCUT2D eigenvalue weighted by Gasteiger charge is -2.35. The summed E-state index contributed by atoms with van der Waals surface area (Å²) in [5, 5.41) is 10.6. The average Bonchev–Trinajstić information content (AvgIpc) is 3.34. The van der Waals surface area contributed by atoms with Gasteiger partial charge in [0.15, 0.2) is 0 Å². The highest BCUT2D eigenvalue weighted by Crippen LogP contribution is 2.36. The topological polar surface area (TPSA) is 60.1 Å². The van der Waals surface area contributed by atoms with Crippen molar-refractivity contribution < 1.29 is 18.3 Å². The van der Waals surface area contributed by atoms with E-state index in [1.54, 1.807) is 18.3 Å². The Kier molecular flexibility index (Phi) is 7.72. The minimum absolute atomic E-state index is 0.0179. The van der Waals surface area contributed by atoms with E-state index in [-0.39, 0.29) is 12.6 Å². The van der Waals surface area contributed by atoms with E-state index in [0.29, 0.717) is 13.1 Å². The highest BCUT2D eigenvalue weighted by Gasteiger charge is 2.32. The minimum Gasteiger partial charge on any atom is -0.390 e. The van der Waals surface area contributed by atoms with Gasteiger partial charge in [0.2, 0.25) is 0 Å². The summed E-state index contributed by atoms with van der Waals surface area (Å²) in [7, 11) is 2.12. The summed E-state index contributed by atoms with van der Waals surface area (Å²) in [6.07, 6.45) is 0.272. The zero-order chi connectivity index (χ0) is 28.6. The molecule has 10 heteroatoms. The van der Waals surface area contributed by atoms with Gasteiger partial charge in [0, 0.05) is 45.5 Å². The molecule has 1 aromatic carbocycles. The third-order valence-electron chi connectivity index (χ3n) is 8.40. The van der Waals surface area contributed by atoms with E-state index in [9.17, 15) is 18.3 Å². The molecule has 1 fully saturated rings. The first-order valence-corrected chi connectivity index (χ1v) is 14.2. The predicted molar refractivity (Wildman–Crippen MR) is 151 cm³/mol. The fourth-order valence-corrected chi connectivity index (χ4v) is 6.20. The Morgan fingerprint density at radius 2 is 1.76 bits per heavy atom. The average molecular weight is 565 g/mol. The SMILES string of the molecule is CN1CCN(c2cccc3nc(CN(Cc4ccc(C(F)(F)F)cc4)[C@H]4CCCc5cccnc54)c(CO)n23)CC1. The van der Waals surface area contributed by atoms with Gasteiger partial charge in [0.25, 0.3) is 0 Å². The first-order valence-electron chi connectivity index (χ1n) is 14.2. The van der Waals surface area contributed by atoms with Gasteiger partial charge in [-0.3, -0.25) is 14.3 Å². The van der Waals surface area contributed by atoms with Crippen molar-refractivity contribution in [2.45, 2.75) is 51.2 Å². The molecule has 0 bridgehead atoms. The fourth-order valence-electron chi connectivity index (χ4n) is 6.20. The Bertz CT molecular complexity index is 1490. The van der Waals surface area contributed by atoms with Crippen molar-refractivity contribution in [2.75, 3.05) is 38.1 Å². The number of fused-ring (bicyclic) bond motifs is 2. The number of hydrogen-bond acceptors (Lipinski definition) is 6. The van der Waals surface area contributed by atoms with Crippen LogP contribution in [0.4, 0.5) is 19.0 Å². The number of hydrogen-bond donors (Lipinski definition) is 1. The third kappa shape index (κ3) is 5.68. The van der Waals surface area contributed by atoms with Gasteiger partial charge in [0.05, 0.1) is 35.3 Å². The molecule has 3 aromatic heterocycles. The van der Waals surface area contributed by atoms with Crippen molar-refractivity contribution in [3.63, 3.8) is 0 Å². The highest BCUT2D eigenvalue weighted by atomic mass is 19.4. The maximum atomic E-state index is 13.2. The number of nitrogens with zero attached hydrogens (tertiary/aromatic N) is 6. The molecule has 0 saturated carbocycles. The number of anilines is 1. The van der Waals surface area contributed by atoms with E-state index < -0.39 is 11.7 Å². The largest absolute Gasteiger partial charge is 0.416 e. The molecule has 216 valence electrons. The number of halogens is 3. The van der Waals surface area contributed by atoms with Crippen molar-refractivity contribution >= 4 is 11.5 Å². The molecule has 6 rings (SSSR count). The summed E-state index contributed by atoms with van der Waals surface area (Å²) in [6, 6.07) is 15.5. The van der Waals surface area contributed by atoms with Crippen LogP contribution in [0, 0.1) is 0 Å². The van der Waals surface area contributed by atoms with Crippen LogP contribution in [-0.4, -0.2) is 62.5 Å². The van der Waals surface area contributed by atoms with Crippen LogP contribution in [0.25, 0.3) is 5.65 Å². The molecule has 0 radical (unpaired) electrons. The molecule has 0 unspecified atom stereocenters. The summed E-state index contributed by atoms with van der Waals surface area (Å²) in [4.78, 5) is 16.6. The van der Waals surface area contributed by atoms with E-state index in [1.165, 1.54) is 5.56 Å². The zero-order valence-electron chi connectivity index (χ0n) is 23.2. The molecule has 1 aliphatic heterocycles. The van der Waals surface area contributed by atoms with Crippen LogP contribution in [0.1, 0.15) is 52.7 Å². The number of aliphatic hydroxyl groups excluding tert-OH is 1. The smallest absolute Gasteiger partial charge is 0.390 e. The lowest BCUT2D eigenvalue weighted by Crippen LogP contribution is -2.45. The van der Waals surface area contributed by atoms with Crippen LogP contribution in [0.3, 0.4) is 0 Å². The molecule has 4 heterocycles. The molecular weight excluding hydrogens is 529 g/mol. The molecule has 2 aliphatic rings. The molecule has 1 N–H and O–H groups in total. The zero-order valence-corrected chi connectivity index (χ0v) is 23.2. The molecule has 7 nitrogen and oxygen atoms in total. The van der Waals surface area contributed by atoms with E-state index >= 15 is 0 Å². The van der Waals surface area contributed by atoms with Gasteiger partial charge < -0.3 is 14.9 Å². The Balaban J connectivity index is 1.37. The van der Waals surface area contributed by atoms with Crippen molar-refractivity contribution in [3.05, 3.63) is 94.6 Å². The molecule has 0 spiro atoms. The second-order valence-electron chi connectivity index (χ2n) is 11.1. The van der Waals surface area contributed by atoms with Crippen LogP contribution < -0.4 is 4.90 Å². The number of alkyl halides is 3. The number of aromatic nitrogens is 3. The maximum Gasteiger partial charge on any atom is 0.416 e. The van der Waals surface area contributed by atoms with Gasteiger partial charge in [-0.15, -0.1) is 0 Å². The summed E-state index contributed by atoms with van der Waals surface area (Å²) in [5.41, 5.74) is 4.63. The van der Waals surface area contributed by atoms with E-state index in [4.69, 9.17) is 9.97 Å². The first-order chi connectivity index (χ1) is 19.8. The van der Waals surface area contributed by atoms with Crippen LogP contribution in [0.5, 0.6) is 0 Å². The van der Waals surface area contributed by atoms with Crippen LogP contribution in [-0.2, 0) is 32.3 Å². The molecule has 4 aromatic rings.